The molecule has 1 amide bonds. The van der Waals surface area contributed by atoms with Gasteiger partial charge in [-0.2, -0.15) is 0 Å². The second-order valence-electron chi connectivity index (χ2n) is 12.0. The largest absolute Gasteiger partial charge is 0.507 e. The molecule has 2 N–H and O–H groups in total. The smallest absolute Gasteiger partial charge is 0.290 e. The number of Topliss-reactive ketones (excluding diaryl/α,β-unsaturated/α-hetero) is 1. The van der Waals surface area contributed by atoms with Gasteiger partial charge in [-0.3, -0.25) is 9.59 Å². The first kappa shape index (κ1) is 26.0. The molecule has 1 aromatic carbocycles. The van der Waals surface area contributed by atoms with Crippen LogP contribution in [0.1, 0.15) is 93.4 Å². The molecule has 2 aromatic rings. The van der Waals surface area contributed by atoms with Crippen molar-refractivity contribution in [2.24, 2.45) is 0 Å². The van der Waals surface area contributed by atoms with Crippen LogP contribution in [0.2, 0.25) is 0 Å². The van der Waals surface area contributed by atoms with Crippen LogP contribution >= 0.6 is 0 Å². The van der Waals surface area contributed by atoms with E-state index < -0.39 is 34.3 Å². The zero-order valence-corrected chi connectivity index (χ0v) is 22.3. The van der Waals surface area contributed by atoms with E-state index in [-0.39, 0.29) is 29.7 Å². The number of furan rings is 1. The van der Waals surface area contributed by atoms with Crippen LogP contribution in [-0.4, -0.2) is 46.1 Å². The van der Waals surface area contributed by atoms with Crippen molar-refractivity contribution in [2.45, 2.75) is 84.3 Å². The Kier molecular flexibility index (Phi) is 6.58. The van der Waals surface area contributed by atoms with Gasteiger partial charge in [0, 0.05) is 13.2 Å². The fraction of sp³-hybridized carbons (Fsp3) is 0.517. The highest BCUT2D eigenvalue weighted by molar-refractivity contribution is 6.15. The zero-order valence-electron chi connectivity index (χ0n) is 22.3. The molecule has 194 valence electrons. The second kappa shape index (κ2) is 9.11. The fourth-order valence-corrected chi connectivity index (χ4v) is 5.08. The summed E-state index contributed by atoms with van der Waals surface area (Å²) in [7, 11) is 0. The Morgan fingerprint density at radius 2 is 1.67 bits per heavy atom. The van der Waals surface area contributed by atoms with E-state index in [0.29, 0.717) is 29.1 Å². The van der Waals surface area contributed by atoms with Crippen LogP contribution in [0.25, 0.3) is 0 Å². The van der Waals surface area contributed by atoms with E-state index in [0.717, 1.165) is 12.8 Å². The van der Waals surface area contributed by atoms with Crippen LogP contribution in [0.4, 0.5) is 0 Å². The van der Waals surface area contributed by atoms with Crippen molar-refractivity contribution in [1.29, 1.82) is 0 Å². The van der Waals surface area contributed by atoms with Gasteiger partial charge in [0.2, 0.25) is 5.78 Å². The number of ether oxygens (including phenoxy) is 1. The van der Waals surface area contributed by atoms with Crippen molar-refractivity contribution >= 4 is 11.7 Å². The third kappa shape index (κ3) is 4.69. The standard InChI is InChI=1S/C29H37NO6/c1-16-10-11-21(36-16)25(32)22-23(30(27(34)26(22)33)15-18-9-8-12-35-18)17-13-19(28(2,3)4)24(31)20(14-17)29(5,6)7/h10-11,13-14,18,23,31,33H,8-9,12,15H2,1-7H3. The molecule has 1 fully saturated rings. The highest BCUT2D eigenvalue weighted by atomic mass is 16.5. The minimum Gasteiger partial charge on any atom is -0.507 e. The van der Waals surface area contributed by atoms with E-state index in [1.807, 2.05) is 53.7 Å². The highest BCUT2D eigenvalue weighted by Gasteiger charge is 2.46. The fourth-order valence-electron chi connectivity index (χ4n) is 5.08. The van der Waals surface area contributed by atoms with Crippen LogP contribution in [0, 0.1) is 6.92 Å². The molecule has 2 aliphatic rings. The molecule has 0 spiro atoms. The summed E-state index contributed by atoms with van der Waals surface area (Å²) in [5.74, 6) is -0.876. The molecule has 0 radical (unpaired) electrons. The summed E-state index contributed by atoms with van der Waals surface area (Å²) in [6, 6.07) is 6.09. The van der Waals surface area contributed by atoms with Gasteiger partial charge in [-0.15, -0.1) is 0 Å². The number of aryl methyl sites for hydroxylation is 1. The van der Waals surface area contributed by atoms with Crippen molar-refractivity contribution < 1.29 is 29.0 Å². The average molecular weight is 496 g/mol. The molecule has 1 aromatic heterocycles. The number of aliphatic hydroxyl groups is 1. The van der Waals surface area contributed by atoms with E-state index in [1.165, 1.54) is 4.90 Å². The lowest BCUT2D eigenvalue weighted by Gasteiger charge is -2.33. The number of aromatic hydroxyl groups is 1. The van der Waals surface area contributed by atoms with Crippen LogP contribution in [0.5, 0.6) is 5.75 Å². The number of phenolic OH excluding ortho intramolecular Hbond substituents is 1. The summed E-state index contributed by atoms with van der Waals surface area (Å²) in [6.07, 6.45) is 1.52. The number of phenols is 1. The molecule has 1 saturated heterocycles. The molecule has 0 bridgehead atoms. The van der Waals surface area contributed by atoms with E-state index in [9.17, 15) is 19.8 Å². The molecular weight excluding hydrogens is 458 g/mol. The first-order chi connectivity index (χ1) is 16.7. The molecule has 4 rings (SSSR count). The van der Waals surface area contributed by atoms with Gasteiger partial charge in [-0.1, -0.05) is 41.5 Å². The summed E-state index contributed by atoms with van der Waals surface area (Å²) in [5, 5.41) is 22.3. The van der Waals surface area contributed by atoms with Gasteiger partial charge in [0.25, 0.3) is 5.91 Å². The molecule has 2 aliphatic heterocycles. The number of hydrogen-bond donors (Lipinski definition) is 2. The Balaban J connectivity index is 1.93. The summed E-state index contributed by atoms with van der Waals surface area (Å²) < 4.78 is 11.4. The van der Waals surface area contributed by atoms with Crippen molar-refractivity contribution in [3.8, 4) is 5.75 Å². The van der Waals surface area contributed by atoms with Gasteiger partial charge in [0.15, 0.2) is 11.5 Å². The van der Waals surface area contributed by atoms with Crippen molar-refractivity contribution in [3.05, 3.63) is 63.8 Å². The maximum absolute atomic E-state index is 13.6. The number of hydrogen-bond acceptors (Lipinski definition) is 6. The van der Waals surface area contributed by atoms with E-state index in [1.54, 1.807) is 19.1 Å². The monoisotopic (exact) mass is 495 g/mol. The molecule has 7 heteroatoms. The molecule has 36 heavy (non-hydrogen) atoms. The first-order valence-electron chi connectivity index (χ1n) is 12.5. The molecule has 7 nitrogen and oxygen atoms in total. The lowest BCUT2D eigenvalue weighted by molar-refractivity contribution is -0.131. The lowest BCUT2D eigenvalue weighted by Crippen LogP contribution is -2.37. The van der Waals surface area contributed by atoms with Crippen molar-refractivity contribution in [1.82, 2.24) is 4.90 Å². The summed E-state index contributed by atoms with van der Waals surface area (Å²) in [5.41, 5.74) is 1.25. The molecule has 2 unspecified atom stereocenters. The number of rotatable bonds is 5. The third-order valence-electron chi connectivity index (χ3n) is 7.00. The predicted molar refractivity (Wildman–Crippen MR) is 136 cm³/mol. The number of carbonyl (C=O) groups excluding carboxylic acids is 2. The predicted octanol–water partition coefficient (Wildman–Crippen LogP) is 5.65. The number of benzene rings is 1. The van der Waals surface area contributed by atoms with Gasteiger partial charge in [-0.25, -0.2) is 0 Å². The Morgan fingerprint density at radius 3 is 2.14 bits per heavy atom. The number of nitrogens with zero attached hydrogens (tertiary/aromatic N) is 1. The Labute approximate surface area is 212 Å². The SMILES string of the molecule is Cc1ccc(C(=O)C2=C(O)C(=O)N(CC3CCCO3)C2c2cc(C(C)(C)C)c(O)c(C(C)(C)C)c2)o1. The maximum Gasteiger partial charge on any atom is 0.290 e. The number of aliphatic hydroxyl groups excluding tert-OH is 1. The minimum atomic E-state index is -0.845. The van der Waals surface area contributed by atoms with Crippen molar-refractivity contribution in [2.75, 3.05) is 13.2 Å². The van der Waals surface area contributed by atoms with Crippen molar-refractivity contribution in [3.63, 3.8) is 0 Å². The average Bonchev–Trinajstić information content (AvgIpc) is 3.49. The first-order valence-corrected chi connectivity index (χ1v) is 12.5. The van der Waals surface area contributed by atoms with Gasteiger partial charge in [0.05, 0.1) is 17.7 Å². The Bertz CT molecular complexity index is 1180. The van der Waals surface area contributed by atoms with Gasteiger partial charge < -0.3 is 24.3 Å². The molecule has 0 aliphatic carbocycles. The number of ketones is 1. The van der Waals surface area contributed by atoms with Crippen LogP contribution < -0.4 is 0 Å². The molecular formula is C29H37NO6. The van der Waals surface area contributed by atoms with E-state index in [2.05, 4.69) is 0 Å². The molecule has 3 heterocycles. The topological polar surface area (TPSA) is 100 Å². The normalized spacial score (nSPS) is 21.1. The van der Waals surface area contributed by atoms with Crippen LogP contribution in [0.3, 0.4) is 0 Å². The zero-order chi connectivity index (χ0) is 26.6. The summed E-state index contributed by atoms with van der Waals surface area (Å²) in [4.78, 5) is 28.6. The molecule has 0 saturated carbocycles. The Hall–Kier alpha value is -3.06. The summed E-state index contributed by atoms with van der Waals surface area (Å²) >= 11 is 0. The highest BCUT2D eigenvalue weighted by Crippen LogP contribution is 2.46. The lowest BCUT2D eigenvalue weighted by atomic mass is 9.77. The summed E-state index contributed by atoms with van der Waals surface area (Å²) in [6.45, 7) is 14.6. The quantitative estimate of drug-likeness (QED) is 0.520. The number of carbonyl (C=O) groups is 2. The second-order valence-corrected chi connectivity index (χ2v) is 12.0. The van der Waals surface area contributed by atoms with E-state index in [4.69, 9.17) is 9.15 Å². The van der Waals surface area contributed by atoms with Crippen LogP contribution in [-0.2, 0) is 20.4 Å². The molecule has 2 atom stereocenters. The minimum absolute atomic E-state index is 0.0160. The van der Waals surface area contributed by atoms with Gasteiger partial charge >= 0.3 is 0 Å². The Morgan fingerprint density at radius 1 is 1.06 bits per heavy atom. The van der Waals surface area contributed by atoms with Gasteiger partial charge in [0.1, 0.15) is 11.5 Å². The third-order valence-corrected chi connectivity index (χ3v) is 7.00. The maximum atomic E-state index is 13.6. The van der Waals surface area contributed by atoms with E-state index >= 15 is 0 Å². The van der Waals surface area contributed by atoms with Crippen LogP contribution in [0.15, 0.2) is 40.0 Å². The van der Waals surface area contributed by atoms with Gasteiger partial charge in [-0.05, 0) is 71.6 Å². The number of amides is 1.